The number of aliphatic hydroxyl groups is 2. The van der Waals surface area contributed by atoms with E-state index in [1.54, 1.807) is 13.8 Å². The van der Waals surface area contributed by atoms with E-state index >= 15 is 0 Å². The van der Waals surface area contributed by atoms with Gasteiger partial charge in [0.05, 0.1) is 11.7 Å². The molecule has 0 aliphatic heterocycles. The van der Waals surface area contributed by atoms with Gasteiger partial charge in [0.25, 0.3) is 0 Å². The molecule has 18 heavy (non-hydrogen) atoms. The molecule has 0 heterocycles. The predicted octanol–water partition coefficient (Wildman–Crippen LogP) is 2.07. The molecule has 2 N–H and O–H groups in total. The number of carbonyl (C=O) groups excluding carboxylic acids is 1. The second-order valence-electron chi connectivity index (χ2n) is 6.63. The van der Waals surface area contributed by atoms with Gasteiger partial charge in [0, 0.05) is 12.3 Å². The van der Waals surface area contributed by atoms with Gasteiger partial charge in [0.1, 0.15) is 0 Å². The van der Waals surface area contributed by atoms with Crippen molar-refractivity contribution in [3.8, 4) is 0 Å². The van der Waals surface area contributed by atoms with Gasteiger partial charge < -0.3 is 10.2 Å². The topological polar surface area (TPSA) is 57.5 Å². The van der Waals surface area contributed by atoms with Gasteiger partial charge in [-0.15, -0.1) is 0 Å². The highest BCUT2D eigenvalue weighted by Gasteiger charge is 2.43. The van der Waals surface area contributed by atoms with E-state index in [2.05, 4.69) is 6.92 Å². The van der Waals surface area contributed by atoms with Crippen molar-refractivity contribution >= 4 is 5.78 Å². The van der Waals surface area contributed by atoms with E-state index in [1.807, 2.05) is 6.92 Å². The molecule has 0 bridgehead atoms. The highest BCUT2D eigenvalue weighted by molar-refractivity contribution is 5.98. The summed E-state index contributed by atoms with van der Waals surface area (Å²) in [6.07, 6.45) is 1.43. The van der Waals surface area contributed by atoms with Gasteiger partial charge in [0.15, 0.2) is 5.78 Å². The first-order valence-corrected chi connectivity index (χ1v) is 6.85. The molecule has 0 unspecified atom stereocenters. The van der Waals surface area contributed by atoms with Crippen molar-refractivity contribution in [1.29, 1.82) is 0 Å². The number of carbonyl (C=O) groups is 1. The van der Waals surface area contributed by atoms with Crippen LogP contribution in [0.15, 0.2) is 11.1 Å². The van der Waals surface area contributed by atoms with Gasteiger partial charge in [-0.25, -0.2) is 0 Å². The van der Waals surface area contributed by atoms with Crippen LogP contribution in [0.3, 0.4) is 0 Å². The Bertz CT molecular complexity index is 389. The quantitative estimate of drug-likeness (QED) is 0.751. The van der Waals surface area contributed by atoms with Crippen molar-refractivity contribution in [1.82, 2.24) is 0 Å². The monoisotopic (exact) mass is 252 g/mol. The van der Waals surface area contributed by atoms with Crippen molar-refractivity contribution in [2.45, 2.75) is 58.7 Å². The normalized spacial score (nSPS) is 37.8. The third-order valence-electron chi connectivity index (χ3n) is 4.86. The average Bonchev–Trinajstić information content (AvgIpc) is 2.43. The standard InChI is InChI=1S/C15H24O3/c1-8-5-14(17)12(15(3,4)18)6-11-9(2)13(16)7-10(8)11/h8,10,12,14,17-18H,5-7H2,1-4H3/t8-,10-,12-,14+/m0/s1. The summed E-state index contributed by atoms with van der Waals surface area (Å²) in [7, 11) is 0. The zero-order valence-corrected chi connectivity index (χ0v) is 11.7. The van der Waals surface area contributed by atoms with Gasteiger partial charge in [-0.1, -0.05) is 12.5 Å². The first kappa shape index (κ1) is 13.8. The zero-order valence-electron chi connectivity index (χ0n) is 11.7. The number of hydrogen-bond donors (Lipinski definition) is 2. The van der Waals surface area contributed by atoms with Crippen molar-refractivity contribution < 1.29 is 15.0 Å². The van der Waals surface area contributed by atoms with E-state index in [1.165, 1.54) is 5.57 Å². The Hall–Kier alpha value is -0.670. The third-order valence-corrected chi connectivity index (χ3v) is 4.86. The van der Waals surface area contributed by atoms with Crippen molar-refractivity contribution in [3.63, 3.8) is 0 Å². The molecule has 0 spiro atoms. The molecule has 3 nitrogen and oxygen atoms in total. The van der Waals surface area contributed by atoms with E-state index in [4.69, 9.17) is 0 Å². The first-order valence-electron chi connectivity index (χ1n) is 6.85. The maximum Gasteiger partial charge on any atom is 0.159 e. The molecular weight excluding hydrogens is 228 g/mol. The lowest BCUT2D eigenvalue weighted by Crippen LogP contribution is -2.39. The molecule has 2 rings (SSSR count). The second-order valence-corrected chi connectivity index (χ2v) is 6.63. The fourth-order valence-electron chi connectivity index (χ4n) is 3.59. The molecule has 4 atom stereocenters. The van der Waals surface area contributed by atoms with E-state index in [9.17, 15) is 15.0 Å². The van der Waals surface area contributed by atoms with E-state index in [0.29, 0.717) is 25.2 Å². The fraction of sp³-hybridized carbons (Fsp3) is 0.800. The number of aliphatic hydroxyl groups excluding tert-OH is 1. The lowest BCUT2D eigenvalue weighted by Gasteiger charge is -2.32. The van der Waals surface area contributed by atoms with Crippen LogP contribution in [0, 0.1) is 17.8 Å². The minimum absolute atomic E-state index is 0.180. The van der Waals surface area contributed by atoms with Crippen LogP contribution in [-0.2, 0) is 4.79 Å². The molecule has 102 valence electrons. The Kier molecular flexibility index (Phi) is 3.41. The highest BCUT2D eigenvalue weighted by Crippen LogP contribution is 2.46. The molecule has 0 saturated heterocycles. The van der Waals surface area contributed by atoms with Crippen LogP contribution in [0.2, 0.25) is 0 Å². The first-order chi connectivity index (χ1) is 8.21. The smallest absolute Gasteiger partial charge is 0.159 e. The molecule has 2 aliphatic carbocycles. The molecule has 0 aromatic rings. The molecule has 0 aromatic heterocycles. The number of rotatable bonds is 1. The summed E-state index contributed by atoms with van der Waals surface area (Å²) in [5, 5.41) is 20.5. The maximum atomic E-state index is 11.9. The highest BCUT2D eigenvalue weighted by atomic mass is 16.3. The van der Waals surface area contributed by atoms with Gasteiger partial charge in [-0.05, 0) is 51.0 Å². The van der Waals surface area contributed by atoms with Crippen LogP contribution >= 0.6 is 0 Å². The summed E-state index contributed by atoms with van der Waals surface area (Å²) in [5.41, 5.74) is 1.14. The molecule has 1 fully saturated rings. The van der Waals surface area contributed by atoms with Crippen LogP contribution in [0.25, 0.3) is 0 Å². The van der Waals surface area contributed by atoms with Crippen LogP contribution in [0.1, 0.15) is 47.0 Å². The third kappa shape index (κ3) is 2.26. The summed E-state index contributed by atoms with van der Waals surface area (Å²) < 4.78 is 0. The number of allylic oxidation sites excluding steroid dienone is 2. The maximum absolute atomic E-state index is 11.9. The van der Waals surface area contributed by atoms with Gasteiger partial charge in [-0.3, -0.25) is 4.79 Å². The Morgan fingerprint density at radius 3 is 2.44 bits per heavy atom. The van der Waals surface area contributed by atoms with E-state index in [-0.39, 0.29) is 17.6 Å². The minimum atomic E-state index is -0.910. The summed E-state index contributed by atoms with van der Waals surface area (Å²) in [4.78, 5) is 11.9. The molecule has 0 radical (unpaired) electrons. The van der Waals surface area contributed by atoms with E-state index < -0.39 is 11.7 Å². The van der Waals surface area contributed by atoms with Gasteiger partial charge >= 0.3 is 0 Å². The fourth-order valence-corrected chi connectivity index (χ4v) is 3.59. The summed E-state index contributed by atoms with van der Waals surface area (Å²) >= 11 is 0. The van der Waals surface area contributed by atoms with Crippen molar-refractivity contribution in [3.05, 3.63) is 11.1 Å². The van der Waals surface area contributed by atoms with Crippen LogP contribution in [0.4, 0.5) is 0 Å². The Balaban J connectivity index is 2.37. The Labute approximate surface area is 109 Å². The second kappa shape index (κ2) is 4.46. The van der Waals surface area contributed by atoms with Crippen LogP contribution in [-0.4, -0.2) is 27.7 Å². The van der Waals surface area contributed by atoms with Crippen molar-refractivity contribution in [2.24, 2.45) is 17.8 Å². The largest absolute Gasteiger partial charge is 0.393 e. The van der Waals surface area contributed by atoms with Crippen LogP contribution < -0.4 is 0 Å². The number of fused-ring (bicyclic) bond motifs is 1. The summed E-state index contributed by atoms with van der Waals surface area (Å²) in [6, 6.07) is 0. The number of hydrogen-bond acceptors (Lipinski definition) is 3. The Morgan fingerprint density at radius 1 is 1.28 bits per heavy atom. The molecule has 2 aliphatic rings. The van der Waals surface area contributed by atoms with Gasteiger partial charge in [0.2, 0.25) is 0 Å². The SMILES string of the molecule is CC1=C2C[C@H](C(C)(C)O)[C@H](O)C[C@H](C)[C@@H]2CC1=O. The van der Waals surface area contributed by atoms with Crippen LogP contribution in [0.5, 0.6) is 0 Å². The predicted molar refractivity (Wildman–Crippen MR) is 70.0 cm³/mol. The summed E-state index contributed by atoms with van der Waals surface area (Å²) in [5.74, 6) is 0.650. The number of Topliss-reactive ketones (excluding diaryl/α,β-unsaturated/α-hetero) is 1. The molecule has 0 aromatic carbocycles. The molecule has 3 heteroatoms. The average molecular weight is 252 g/mol. The number of ketones is 1. The zero-order chi connectivity index (χ0) is 13.7. The Morgan fingerprint density at radius 2 is 1.89 bits per heavy atom. The lowest BCUT2D eigenvalue weighted by molar-refractivity contribution is -0.115. The molecule has 0 amide bonds. The summed E-state index contributed by atoms with van der Waals surface area (Å²) in [6.45, 7) is 7.49. The van der Waals surface area contributed by atoms with Gasteiger partial charge in [-0.2, -0.15) is 0 Å². The lowest BCUT2D eigenvalue weighted by atomic mass is 9.81. The van der Waals surface area contributed by atoms with E-state index in [0.717, 1.165) is 5.57 Å². The molecule has 1 saturated carbocycles. The molecular formula is C15H24O3. The minimum Gasteiger partial charge on any atom is -0.393 e. The van der Waals surface area contributed by atoms with Crippen molar-refractivity contribution in [2.75, 3.05) is 0 Å².